The van der Waals surface area contributed by atoms with Gasteiger partial charge in [0.25, 0.3) is 0 Å². The number of anilines is 1. The van der Waals surface area contributed by atoms with Crippen molar-refractivity contribution in [3.63, 3.8) is 0 Å². The molecular formula is C17H13Cl3N2. The zero-order valence-corrected chi connectivity index (χ0v) is 13.8. The van der Waals surface area contributed by atoms with Crippen molar-refractivity contribution in [1.29, 1.82) is 0 Å². The Labute approximate surface area is 144 Å². The lowest BCUT2D eigenvalue weighted by Crippen LogP contribution is -2.29. The molecule has 1 aliphatic carbocycles. The number of benzene rings is 1. The van der Waals surface area contributed by atoms with Gasteiger partial charge in [0.2, 0.25) is 0 Å². The number of halogens is 3. The molecule has 0 bridgehead atoms. The van der Waals surface area contributed by atoms with Gasteiger partial charge >= 0.3 is 0 Å². The van der Waals surface area contributed by atoms with E-state index in [2.05, 4.69) is 28.5 Å². The van der Waals surface area contributed by atoms with E-state index in [1.54, 1.807) is 12.3 Å². The van der Waals surface area contributed by atoms with E-state index in [4.69, 9.17) is 34.8 Å². The zero-order valence-electron chi connectivity index (χ0n) is 11.6. The summed E-state index contributed by atoms with van der Waals surface area (Å²) in [7, 11) is 0. The summed E-state index contributed by atoms with van der Waals surface area (Å²) in [6, 6.07) is 5.92. The van der Waals surface area contributed by atoms with Crippen LogP contribution in [0.2, 0.25) is 15.1 Å². The third-order valence-electron chi connectivity index (χ3n) is 4.53. The molecule has 0 fully saturated rings. The average molecular weight is 352 g/mol. The molecule has 2 aliphatic rings. The van der Waals surface area contributed by atoms with Gasteiger partial charge in [-0.15, -0.1) is 0 Å². The molecular weight excluding hydrogens is 339 g/mol. The number of nitrogens with one attached hydrogen (secondary N) is 1. The Morgan fingerprint density at radius 3 is 2.82 bits per heavy atom. The Balaban J connectivity index is 1.88. The van der Waals surface area contributed by atoms with Crippen LogP contribution in [0.15, 0.2) is 42.7 Å². The normalized spacial score (nSPS) is 25.5. The molecule has 0 spiro atoms. The monoisotopic (exact) mass is 350 g/mol. The molecule has 4 rings (SSSR count). The van der Waals surface area contributed by atoms with Crippen LogP contribution >= 0.6 is 34.8 Å². The third-order valence-corrected chi connectivity index (χ3v) is 5.63. The summed E-state index contributed by atoms with van der Waals surface area (Å²) in [5.74, 6) is 0.619. The van der Waals surface area contributed by atoms with Crippen molar-refractivity contribution in [2.75, 3.05) is 5.32 Å². The minimum Gasteiger partial charge on any atom is -0.376 e. The molecule has 0 amide bonds. The first-order chi connectivity index (χ1) is 10.7. The van der Waals surface area contributed by atoms with Crippen LogP contribution in [0.25, 0.3) is 0 Å². The van der Waals surface area contributed by atoms with E-state index < -0.39 is 0 Å². The first-order valence-corrected chi connectivity index (χ1v) is 8.30. The summed E-state index contributed by atoms with van der Waals surface area (Å²) in [4.78, 5) is 4.24. The molecule has 112 valence electrons. The largest absolute Gasteiger partial charge is 0.376 e. The van der Waals surface area contributed by atoms with Crippen LogP contribution in [0.1, 0.15) is 29.5 Å². The molecule has 2 nitrogen and oxygen atoms in total. The standard InChI is InChI=1S/C17H13Cl3N2/c18-12-7-13(19)17-14(15(12)20)10-4-1-5-11(10)16(22-17)9-3-2-6-21-8-9/h1-4,6-8,10-11,16,22H,5H2. The molecule has 0 radical (unpaired) electrons. The van der Waals surface area contributed by atoms with Gasteiger partial charge in [0.1, 0.15) is 0 Å². The van der Waals surface area contributed by atoms with Gasteiger partial charge in [0.05, 0.1) is 26.8 Å². The second kappa shape index (κ2) is 5.45. The molecule has 0 saturated heterocycles. The second-order valence-electron chi connectivity index (χ2n) is 5.70. The van der Waals surface area contributed by atoms with Gasteiger partial charge in [-0.1, -0.05) is 53.0 Å². The minimum atomic E-state index is 0.163. The maximum absolute atomic E-state index is 6.47. The van der Waals surface area contributed by atoms with Crippen molar-refractivity contribution in [3.05, 3.63) is 68.9 Å². The average Bonchev–Trinajstić information content (AvgIpc) is 3.01. The smallest absolute Gasteiger partial charge is 0.0656 e. The third kappa shape index (κ3) is 2.13. The molecule has 3 atom stereocenters. The number of hydrogen-bond acceptors (Lipinski definition) is 2. The van der Waals surface area contributed by atoms with E-state index in [1.807, 2.05) is 12.3 Å². The topological polar surface area (TPSA) is 24.9 Å². The minimum absolute atomic E-state index is 0.163. The number of fused-ring (bicyclic) bond motifs is 3. The SMILES string of the molecule is Clc1cc(Cl)c2c(c1Cl)C1C=CCC1C(c1cccnc1)N2. The highest BCUT2D eigenvalue weighted by Gasteiger charge is 2.40. The predicted octanol–water partition coefficient (Wildman–Crippen LogP) is 5.87. The van der Waals surface area contributed by atoms with E-state index in [1.165, 1.54) is 0 Å². The van der Waals surface area contributed by atoms with Crippen LogP contribution in [-0.2, 0) is 0 Å². The van der Waals surface area contributed by atoms with Crippen LogP contribution in [0, 0.1) is 5.92 Å². The summed E-state index contributed by atoms with van der Waals surface area (Å²) >= 11 is 19.1. The zero-order chi connectivity index (χ0) is 15.3. The lowest BCUT2D eigenvalue weighted by molar-refractivity contribution is 0.425. The van der Waals surface area contributed by atoms with Crippen molar-refractivity contribution in [2.24, 2.45) is 5.92 Å². The number of nitrogens with zero attached hydrogens (tertiary/aromatic N) is 1. The highest BCUT2D eigenvalue weighted by Crippen LogP contribution is 2.54. The number of allylic oxidation sites excluding steroid dienone is 2. The maximum Gasteiger partial charge on any atom is 0.0656 e. The first-order valence-electron chi connectivity index (χ1n) is 7.17. The fourth-order valence-corrected chi connectivity index (χ4v) is 4.36. The number of rotatable bonds is 1. The van der Waals surface area contributed by atoms with Crippen LogP contribution < -0.4 is 5.32 Å². The van der Waals surface area contributed by atoms with Gasteiger partial charge in [-0.3, -0.25) is 4.98 Å². The molecule has 2 heterocycles. The Hall–Kier alpha value is -1.22. The summed E-state index contributed by atoms with van der Waals surface area (Å²) in [6.07, 6.45) is 9.11. The van der Waals surface area contributed by atoms with E-state index >= 15 is 0 Å². The van der Waals surface area contributed by atoms with Crippen molar-refractivity contribution < 1.29 is 0 Å². The van der Waals surface area contributed by atoms with E-state index in [0.717, 1.165) is 23.2 Å². The molecule has 22 heavy (non-hydrogen) atoms. The summed E-state index contributed by atoms with van der Waals surface area (Å²) in [5.41, 5.74) is 3.06. The fourth-order valence-electron chi connectivity index (χ4n) is 3.55. The fraction of sp³-hybridized carbons (Fsp3) is 0.235. The van der Waals surface area contributed by atoms with Gasteiger partial charge < -0.3 is 5.32 Å². The van der Waals surface area contributed by atoms with Crippen molar-refractivity contribution in [3.8, 4) is 0 Å². The van der Waals surface area contributed by atoms with Crippen molar-refractivity contribution >= 4 is 40.5 Å². The van der Waals surface area contributed by atoms with Gasteiger partial charge in [-0.25, -0.2) is 0 Å². The van der Waals surface area contributed by atoms with Crippen LogP contribution in [-0.4, -0.2) is 4.98 Å². The number of hydrogen-bond donors (Lipinski definition) is 1. The molecule has 3 unspecified atom stereocenters. The predicted molar refractivity (Wildman–Crippen MR) is 92.1 cm³/mol. The van der Waals surface area contributed by atoms with Crippen molar-refractivity contribution in [2.45, 2.75) is 18.4 Å². The Morgan fingerprint density at radius 2 is 2.05 bits per heavy atom. The van der Waals surface area contributed by atoms with Gasteiger partial charge in [0.15, 0.2) is 0 Å². The Bertz CT molecular complexity index is 758. The summed E-state index contributed by atoms with van der Waals surface area (Å²) < 4.78 is 0. The molecule has 5 heteroatoms. The van der Waals surface area contributed by atoms with Gasteiger partial charge in [-0.2, -0.15) is 0 Å². The van der Waals surface area contributed by atoms with E-state index in [0.29, 0.717) is 21.0 Å². The Kier molecular flexibility index (Phi) is 3.56. The molecule has 1 aliphatic heterocycles. The molecule has 0 saturated carbocycles. The highest BCUT2D eigenvalue weighted by atomic mass is 35.5. The van der Waals surface area contributed by atoms with Crippen molar-refractivity contribution in [1.82, 2.24) is 4.98 Å². The maximum atomic E-state index is 6.47. The van der Waals surface area contributed by atoms with Gasteiger partial charge in [0, 0.05) is 23.9 Å². The quantitative estimate of drug-likeness (QED) is 0.513. The lowest BCUT2D eigenvalue weighted by atomic mass is 9.77. The highest BCUT2D eigenvalue weighted by molar-refractivity contribution is 6.44. The molecule has 1 aromatic heterocycles. The van der Waals surface area contributed by atoms with Crippen LogP contribution in [0.5, 0.6) is 0 Å². The lowest BCUT2D eigenvalue weighted by Gasteiger charge is -2.38. The van der Waals surface area contributed by atoms with Crippen LogP contribution in [0.3, 0.4) is 0 Å². The van der Waals surface area contributed by atoms with Crippen LogP contribution in [0.4, 0.5) is 5.69 Å². The summed E-state index contributed by atoms with van der Waals surface area (Å²) in [5, 5.41) is 5.28. The molecule has 1 N–H and O–H groups in total. The Morgan fingerprint density at radius 1 is 1.18 bits per heavy atom. The van der Waals surface area contributed by atoms with E-state index in [9.17, 15) is 0 Å². The van der Waals surface area contributed by atoms with Gasteiger partial charge in [-0.05, 0) is 30.0 Å². The second-order valence-corrected chi connectivity index (χ2v) is 6.90. The number of pyridine rings is 1. The molecule has 2 aromatic rings. The van der Waals surface area contributed by atoms with E-state index in [-0.39, 0.29) is 12.0 Å². The molecule has 1 aromatic carbocycles. The number of aromatic nitrogens is 1. The first kappa shape index (κ1) is 14.4. The summed E-state index contributed by atoms with van der Waals surface area (Å²) in [6.45, 7) is 0.